The van der Waals surface area contributed by atoms with Crippen molar-refractivity contribution in [3.63, 3.8) is 0 Å². The summed E-state index contributed by atoms with van der Waals surface area (Å²) in [6.45, 7) is 3.62. The van der Waals surface area contributed by atoms with Crippen LogP contribution in [0.15, 0.2) is 47.5 Å². The van der Waals surface area contributed by atoms with Crippen LogP contribution in [0, 0.1) is 0 Å². The molecule has 0 N–H and O–H groups in total. The summed E-state index contributed by atoms with van der Waals surface area (Å²) in [5, 5.41) is 1.08. The Kier molecular flexibility index (Phi) is 5.91. The van der Waals surface area contributed by atoms with Crippen molar-refractivity contribution in [2.45, 2.75) is 13.5 Å². The maximum absolute atomic E-state index is 12.5. The fourth-order valence-electron chi connectivity index (χ4n) is 2.45. The van der Waals surface area contributed by atoms with Gasteiger partial charge in [0.2, 0.25) is 0 Å². The molecule has 0 aliphatic carbocycles. The van der Waals surface area contributed by atoms with Gasteiger partial charge in [0.1, 0.15) is 0 Å². The third-order valence-corrected chi connectivity index (χ3v) is 5.11. The Morgan fingerprint density at radius 1 is 1.24 bits per heavy atom. The van der Waals surface area contributed by atoms with Crippen molar-refractivity contribution in [3.05, 3.63) is 62.9 Å². The molecule has 3 aromatic rings. The van der Waals surface area contributed by atoms with Crippen molar-refractivity contribution in [1.82, 2.24) is 4.57 Å². The first kappa shape index (κ1) is 18.1. The Bertz CT molecular complexity index is 964. The smallest absolute Gasteiger partial charge is 0.279 e. The Labute approximate surface area is 159 Å². The van der Waals surface area contributed by atoms with Crippen molar-refractivity contribution >= 4 is 50.7 Å². The van der Waals surface area contributed by atoms with Crippen LogP contribution in [0.2, 0.25) is 10.0 Å². The zero-order valence-electron chi connectivity index (χ0n) is 13.5. The number of carbonyl (C=O) groups is 1. The van der Waals surface area contributed by atoms with Crippen molar-refractivity contribution in [1.29, 1.82) is 0 Å². The topological polar surface area (TPSA) is 43.6 Å². The average Bonchev–Trinajstić information content (AvgIpc) is 2.93. The normalized spacial score (nSPS) is 12.0. The molecule has 1 heterocycles. The number of fused-ring (bicyclic) bond motifs is 1. The highest BCUT2D eigenvalue weighted by atomic mass is 35.5. The number of thiazole rings is 1. The molecule has 25 heavy (non-hydrogen) atoms. The molecule has 0 radical (unpaired) electrons. The van der Waals surface area contributed by atoms with E-state index in [0.717, 1.165) is 10.2 Å². The van der Waals surface area contributed by atoms with E-state index in [1.807, 2.05) is 35.8 Å². The van der Waals surface area contributed by atoms with Crippen molar-refractivity contribution in [2.75, 3.05) is 13.2 Å². The lowest BCUT2D eigenvalue weighted by Gasteiger charge is -2.07. The Balaban J connectivity index is 2.12. The minimum absolute atomic E-state index is 0.292. The number of nitrogens with zero attached hydrogens (tertiary/aromatic N) is 2. The van der Waals surface area contributed by atoms with E-state index in [4.69, 9.17) is 27.9 Å². The molecular formula is C18H16Cl2N2O2S. The molecule has 0 aliphatic rings. The maximum Gasteiger partial charge on any atom is 0.279 e. The Morgan fingerprint density at radius 3 is 2.72 bits per heavy atom. The van der Waals surface area contributed by atoms with Gasteiger partial charge in [-0.2, -0.15) is 4.99 Å². The van der Waals surface area contributed by atoms with E-state index in [2.05, 4.69) is 4.99 Å². The summed E-state index contributed by atoms with van der Waals surface area (Å²) in [4.78, 5) is 17.3. The highest BCUT2D eigenvalue weighted by molar-refractivity contribution is 7.16. The summed E-state index contributed by atoms with van der Waals surface area (Å²) in [6.07, 6.45) is 0. The Hall–Kier alpha value is -1.66. The van der Waals surface area contributed by atoms with E-state index in [1.165, 1.54) is 11.3 Å². The molecule has 1 aromatic heterocycles. The van der Waals surface area contributed by atoms with Crippen LogP contribution in [0.4, 0.5) is 0 Å². The number of amides is 1. The lowest BCUT2D eigenvalue weighted by molar-refractivity contribution is 0.0996. The minimum atomic E-state index is -0.292. The van der Waals surface area contributed by atoms with E-state index < -0.39 is 0 Å². The van der Waals surface area contributed by atoms with Crippen molar-refractivity contribution in [2.24, 2.45) is 4.99 Å². The van der Waals surface area contributed by atoms with Gasteiger partial charge in [0, 0.05) is 23.7 Å². The number of halogens is 2. The fourth-order valence-corrected chi connectivity index (χ4v) is 4.29. The number of hydrogen-bond donors (Lipinski definition) is 0. The number of hydrogen-bond acceptors (Lipinski definition) is 3. The van der Waals surface area contributed by atoms with Gasteiger partial charge in [0.05, 0.1) is 21.8 Å². The molecule has 0 spiro atoms. The lowest BCUT2D eigenvalue weighted by Crippen LogP contribution is -2.20. The lowest BCUT2D eigenvalue weighted by atomic mass is 10.2. The molecule has 2 aromatic carbocycles. The van der Waals surface area contributed by atoms with E-state index in [-0.39, 0.29) is 5.91 Å². The Morgan fingerprint density at radius 2 is 2.00 bits per heavy atom. The van der Waals surface area contributed by atoms with E-state index >= 15 is 0 Å². The van der Waals surface area contributed by atoms with Gasteiger partial charge in [-0.3, -0.25) is 4.79 Å². The molecule has 0 saturated carbocycles. The van der Waals surface area contributed by atoms with Gasteiger partial charge >= 0.3 is 0 Å². The number of carbonyl (C=O) groups excluding carboxylic acids is 1. The quantitative estimate of drug-likeness (QED) is 0.583. The van der Waals surface area contributed by atoms with Crippen LogP contribution >= 0.6 is 34.5 Å². The molecule has 3 rings (SSSR count). The number of benzene rings is 2. The van der Waals surface area contributed by atoms with Gasteiger partial charge in [0.15, 0.2) is 4.80 Å². The number of aromatic nitrogens is 1. The van der Waals surface area contributed by atoms with Gasteiger partial charge in [-0.1, -0.05) is 52.7 Å². The molecule has 0 saturated heterocycles. The van der Waals surface area contributed by atoms with Crippen LogP contribution in [-0.2, 0) is 11.3 Å². The second-order valence-electron chi connectivity index (χ2n) is 5.25. The molecule has 1 amide bonds. The maximum atomic E-state index is 12.5. The van der Waals surface area contributed by atoms with Crippen LogP contribution < -0.4 is 4.80 Å². The first-order valence-corrected chi connectivity index (χ1v) is 9.37. The summed E-state index contributed by atoms with van der Waals surface area (Å²) in [7, 11) is 0. The zero-order chi connectivity index (χ0) is 17.8. The van der Waals surface area contributed by atoms with Crippen LogP contribution in [0.1, 0.15) is 17.3 Å². The molecule has 0 aliphatic heterocycles. The predicted molar refractivity (Wildman–Crippen MR) is 103 cm³/mol. The molecule has 0 unspecified atom stereocenters. The second kappa shape index (κ2) is 8.15. The fraction of sp³-hybridized carbons (Fsp3) is 0.222. The summed E-state index contributed by atoms with van der Waals surface area (Å²) in [5.74, 6) is -0.292. The van der Waals surface area contributed by atoms with Crippen molar-refractivity contribution in [3.8, 4) is 0 Å². The molecule has 4 nitrogen and oxygen atoms in total. The highest BCUT2D eigenvalue weighted by Gasteiger charge is 2.13. The molecular weight excluding hydrogens is 379 g/mol. The SMILES string of the molecule is CCOCCn1c(=NC(=O)c2ccccc2)sc2cc(Cl)cc(Cl)c21. The zero-order valence-corrected chi connectivity index (χ0v) is 15.9. The van der Waals surface area contributed by atoms with Crippen LogP contribution in [0.5, 0.6) is 0 Å². The van der Waals surface area contributed by atoms with Crippen LogP contribution in [-0.4, -0.2) is 23.7 Å². The molecule has 7 heteroatoms. The first-order chi connectivity index (χ1) is 12.1. The van der Waals surface area contributed by atoms with Gasteiger partial charge in [-0.25, -0.2) is 0 Å². The molecule has 130 valence electrons. The van der Waals surface area contributed by atoms with E-state index in [0.29, 0.717) is 40.2 Å². The van der Waals surface area contributed by atoms with E-state index in [9.17, 15) is 4.79 Å². The second-order valence-corrected chi connectivity index (χ2v) is 7.10. The largest absolute Gasteiger partial charge is 0.380 e. The summed E-state index contributed by atoms with van der Waals surface area (Å²) < 4.78 is 8.25. The van der Waals surface area contributed by atoms with Gasteiger partial charge in [-0.15, -0.1) is 0 Å². The summed E-state index contributed by atoms with van der Waals surface area (Å²) in [5.41, 5.74) is 1.36. The monoisotopic (exact) mass is 394 g/mol. The van der Waals surface area contributed by atoms with Gasteiger partial charge < -0.3 is 9.30 Å². The summed E-state index contributed by atoms with van der Waals surface area (Å²) >= 11 is 13.9. The first-order valence-electron chi connectivity index (χ1n) is 7.80. The van der Waals surface area contributed by atoms with E-state index in [1.54, 1.807) is 18.2 Å². The third kappa shape index (κ3) is 4.12. The third-order valence-electron chi connectivity index (χ3n) is 3.58. The summed E-state index contributed by atoms with van der Waals surface area (Å²) in [6, 6.07) is 12.5. The van der Waals surface area contributed by atoms with Crippen LogP contribution in [0.25, 0.3) is 10.2 Å². The molecule has 0 atom stereocenters. The van der Waals surface area contributed by atoms with Gasteiger partial charge in [0.25, 0.3) is 5.91 Å². The van der Waals surface area contributed by atoms with Gasteiger partial charge in [-0.05, 0) is 31.2 Å². The van der Waals surface area contributed by atoms with Crippen molar-refractivity contribution < 1.29 is 9.53 Å². The standard InChI is InChI=1S/C18H16Cl2N2O2S/c1-2-24-9-8-22-16-14(20)10-13(19)11-15(16)25-18(22)21-17(23)12-6-4-3-5-7-12/h3-7,10-11H,2,8-9H2,1H3. The minimum Gasteiger partial charge on any atom is -0.380 e. The molecule has 0 bridgehead atoms. The average molecular weight is 395 g/mol. The van der Waals surface area contributed by atoms with Crippen LogP contribution in [0.3, 0.4) is 0 Å². The number of rotatable bonds is 5. The highest BCUT2D eigenvalue weighted by Crippen LogP contribution is 2.29. The predicted octanol–water partition coefficient (Wildman–Crippen LogP) is 4.79. The number of ether oxygens (including phenoxy) is 1. The molecule has 0 fully saturated rings.